The first-order valence-corrected chi connectivity index (χ1v) is 8.02. The Labute approximate surface area is 144 Å². The number of hydrogen-bond donors (Lipinski definition) is 1. The van der Waals surface area contributed by atoms with Crippen LogP contribution in [0.4, 0.5) is 0 Å². The highest BCUT2D eigenvalue weighted by Crippen LogP contribution is 2.12. The minimum atomic E-state index is -0.456. The maximum Gasteiger partial charge on any atom is 0.337 e. The minimum absolute atomic E-state index is 0.0227. The van der Waals surface area contributed by atoms with E-state index in [-0.39, 0.29) is 11.9 Å². The van der Waals surface area contributed by atoms with Gasteiger partial charge < -0.3 is 10.1 Å². The number of nitrogens with one attached hydrogen (secondary N) is 1. The lowest BCUT2D eigenvalue weighted by Gasteiger charge is -2.14. The van der Waals surface area contributed by atoms with Gasteiger partial charge in [0.1, 0.15) is 0 Å². The van der Waals surface area contributed by atoms with Crippen molar-refractivity contribution >= 4 is 27.8 Å². The van der Waals surface area contributed by atoms with Gasteiger partial charge in [0.05, 0.1) is 12.7 Å². The predicted octanol–water partition coefficient (Wildman–Crippen LogP) is 3.60. The average molecular weight is 376 g/mol. The quantitative estimate of drug-likeness (QED) is 0.812. The molecule has 0 spiro atoms. The van der Waals surface area contributed by atoms with Gasteiger partial charge in [-0.15, -0.1) is 0 Å². The number of halogens is 1. The zero-order valence-corrected chi connectivity index (χ0v) is 14.6. The van der Waals surface area contributed by atoms with Crippen molar-refractivity contribution in [2.45, 2.75) is 19.4 Å². The summed E-state index contributed by atoms with van der Waals surface area (Å²) in [6, 6.07) is 14.5. The summed E-state index contributed by atoms with van der Waals surface area (Å²) in [4.78, 5) is 23.8. The molecule has 4 nitrogen and oxygen atoms in total. The van der Waals surface area contributed by atoms with Crippen molar-refractivity contribution in [3.05, 3.63) is 69.7 Å². The van der Waals surface area contributed by atoms with Crippen molar-refractivity contribution in [3.63, 3.8) is 0 Å². The fourth-order valence-electron chi connectivity index (χ4n) is 2.24. The Bertz CT molecular complexity index is 698. The SMILES string of the molecule is COC(=O)c1cccc(C(=O)NC(C)Cc2ccc(Br)cc2)c1. The van der Waals surface area contributed by atoms with Crippen LogP contribution in [-0.2, 0) is 11.2 Å². The van der Waals surface area contributed by atoms with E-state index < -0.39 is 5.97 Å². The number of hydrogen-bond acceptors (Lipinski definition) is 3. The van der Waals surface area contributed by atoms with Crippen LogP contribution >= 0.6 is 15.9 Å². The lowest BCUT2D eigenvalue weighted by Crippen LogP contribution is -2.34. The molecule has 0 aromatic heterocycles. The summed E-state index contributed by atoms with van der Waals surface area (Å²) < 4.78 is 5.69. The Kier molecular flexibility index (Phi) is 5.93. The zero-order chi connectivity index (χ0) is 16.8. The molecular weight excluding hydrogens is 358 g/mol. The number of methoxy groups -OCH3 is 1. The summed E-state index contributed by atoms with van der Waals surface area (Å²) in [6.07, 6.45) is 0.732. The average Bonchev–Trinajstić information content (AvgIpc) is 2.56. The highest BCUT2D eigenvalue weighted by atomic mass is 79.9. The van der Waals surface area contributed by atoms with Gasteiger partial charge in [0, 0.05) is 16.1 Å². The van der Waals surface area contributed by atoms with Crippen LogP contribution in [0.2, 0.25) is 0 Å². The largest absolute Gasteiger partial charge is 0.465 e. The third kappa shape index (κ3) is 4.93. The van der Waals surface area contributed by atoms with Crippen molar-refractivity contribution in [1.82, 2.24) is 5.32 Å². The molecule has 23 heavy (non-hydrogen) atoms. The molecule has 0 aliphatic heterocycles. The number of carbonyl (C=O) groups excluding carboxylic acids is 2. The van der Waals surface area contributed by atoms with E-state index in [0.717, 1.165) is 16.5 Å². The van der Waals surface area contributed by atoms with Crippen molar-refractivity contribution < 1.29 is 14.3 Å². The number of esters is 1. The molecule has 0 bridgehead atoms. The third-order valence-electron chi connectivity index (χ3n) is 3.38. The van der Waals surface area contributed by atoms with Gasteiger partial charge in [0.25, 0.3) is 5.91 Å². The maximum atomic E-state index is 12.3. The Balaban J connectivity index is 2.00. The molecule has 1 unspecified atom stereocenters. The smallest absolute Gasteiger partial charge is 0.337 e. The summed E-state index contributed by atoms with van der Waals surface area (Å²) in [6.45, 7) is 1.95. The van der Waals surface area contributed by atoms with E-state index in [4.69, 9.17) is 0 Å². The summed E-state index contributed by atoms with van der Waals surface area (Å²) in [5.74, 6) is -0.664. The van der Waals surface area contributed by atoms with Crippen molar-refractivity contribution in [1.29, 1.82) is 0 Å². The van der Waals surface area contributed by atoms with Crippen LogP contribution in [0, 0.1) is 0 Å². The molecule has 0 saturated heterocycles. The second kappa shape index (κ2) is 7.92. The van der Waals surface area contributed by atoms with E-state index in [1.54, 1.807) is 18.2 Å². The predicted molar refractivity (Wildman–Crippen MR) is 92.6 cm³/mol. The molecule has 1 atom stereocenters. The molecular formula is C18H18BrNO3. The van der Waals surface area contributed by atoms with E-state index in [9.17, 15) is 9.59 Å². The minimum Gasteiger partial charge on any atom is -0.465 e. The summed E-state index contributed by atoms with van der Waals surface area (Å²) in [5.41, 5.74) is 1.94. The van der Waals surface area contributed by atoms with E-state index in [0.29, 0.717) is 11.1 Å². The van der Waals surface area contributed by atoms with Crippen LogP contribution in [0.25, 0.3) is 0 Å². The van der Waals surface area contributed by atoms with E-state index in [1.807, 2.05) is 31.2 Å². The highest BCUT2D eigenvalue weighted by Gasteiger charge is 2.13. The van der Waals surface area contributed by atoms with Gasteiger partial charge in [-0.05, 0) is 49.2 Å². The Morgan fingerprint density at radius 2 is 1.78 bits per heavy atom. The van der Waals surface area contributed by atoms with Crippen molar-refractivity contribution in [2.24, 2.45) is 0 Å². The van der Waals surface area contributed by atoms with Crippen LogP contribution in [0.3, 0.4) is 0 Å². The second-order valence-corrected chi connectivity index (χ2v) is 6.19. The molecule has 2 aromatic rings. The van der Waals surface area contributed by atoms with Gasteiger partial charge in [0.15, 0.2) is 0 Å². The number of benzene rings is 2. The van der Waals surface area contributed by atoms with Gasteiger partial charge in [-0.1, -0.05) is 34.1 Å². The van der Waals surface area contributed by atoms with Gasteiger partial charge >= 0.3 is 5.97 Å². The van der Waals surface area contributed by atoms with E-state index >= 15 is 0 Å². The second-order valence-electron chi connectivity index (χ2n) is 5.28. The Hall–Kier alpha value is -2.14. The first-order valence-electron chi connectivity index (χ1n) is 7.23. The molecule has 0 radical (unpaired) electrons. The van der Waals surface area contributed by atoms with E-state index in [2.05, 4.69) is 26.0 Å². The number of rotatable bonds is 5. The topological polar surface area (TPSA) is 55.4 Å². The fourth-order valence-corrected chi connectivity index (χ4v) is 2.50. The van der Waals surface area contributed by atoms with Crippen LogP contribution in [0.5, 0.6) is 0 Å². The fraction of sp³-hybridized carbons (Fsp3) is 0.222. The van der Waals surface area contributed by atoms with Crippen LogP contribution in [-0.4, -0.2) is 25.0 Å². The zero-order valence-electron chi connectivity index (χ0n) is 13.0. The normalized spacial score (nSPS) is 11.6. The van der Waals surface area contributed by atoms with Gasteiger partial charge in [-0.25, -0.2) is 4.79 Å². The monoisotopic (exact) mass is 375 g/mol. The third-order valence-corrected chi connectivity index (χ3v) is 3.91. The molecule has 0 heterocycles. The highest BCUT2D eigenvalue weighted by molar-refractivity contribution is 9.10. The number of amides is 1. The van der Waals surface area contributed by atoms with Gasteiger partial charge in [-0.2, -0.15) is 0 Å². The van der Waals surface area contributed by atoms with Crippen LogP contribution in [0.15, 0.2) is 53.0 Å². The molecule has 2 rings (SSSR count). The molecule has 5 heteroatoms. The first kappa shape index (κ1) is 17.2. The van der Waals surface area contributed by atoms with Gasteiger partial charge in [-0.3, -0.25) is 4.79 Å². The maximum absolute atomic E-state index is 12.3. The molecule has 120 valence electrons. The Morgan fingerprint density at radius 3 is 2.43 bits per heavy atom. The molecule has 0 aliphatic rings. The summed E-state index contributed by atoms with van der Waals surface area (Å²) in [7, 11) is 1.31. The van der Waals surface area contributed by atoms with Crippen molar-refractivity contribution in [2.75, 3.05) is 7.11 Å². The van der Waals surface area contributed by atoms with Crippen molar-refractivity contribution in [3.8, 4) is 0 Å². The lowest BCUT2D eigenvalue weighted by molar-refractivity contribution is 0.0600. The van der Waals surface area contributed by atoms with Crippen LogP contribution in [0.1, 0.15) is 33.2 Å². The molecule has 0 saturated carbocycles. The Morgan fingerprint density at radius 1 is 1.13 bits per heavy atom. The van der Waals surface area contributed by atoms with Crippen LogP contribution < -0.4 is 5.32 Å². The van der Waals surface area contributed by atoms with E-state index in [1.165, 1.54) is 13.2 Å². The molecule has 2 aromatic carbocycles. The standard InChI is InChI=1S/C18H18BrNO3/c1-12(10-13-6-8-16(19)9-7-13)20-17(21)14-4-3-5-15(11-14)18(22)23-2/h3-9,11-12H,10H2,1-2H3,(H,20,21). The summed E-state index contributed by atoms with van der Waals surface area (Å²) >= 11 is 3.40. The number of carbonyl (C=O) groups is 2. The molecule has 0 aliphatic carbocycles. The first-order chi connectivity index (χ1) is 11.0. The van der Waals surface area contributed by atoms with Gasteiger partial charge in [0.2, 0.25) is 0 Å². The molecule has 1 N–H and O–H groups in total. The number of ether oxygens (including phenoxy) is 1. The molecule has 1 amide bonds. The molecule has 0 fully saturated rings. The lowest BCUT2D eigenvalue weighted by atomic mass is 10.1. The summed E-state index contributed by atoms with van der Waals surface area (Å²) in [5, 5.41) is 2.94.